The van der Waals surface area contributed by atoms with Crippen molar-refractivity contribution in [1.82, 2.24) is 0 Å². The molecule has 0 radical (unpaired) electrons. The normalized spacial score (nSPS) is 17.3. The Hall–Kier alpha value is -4.27. The number of amides is 1. The highest BCUT2D eigenvalue weighted by Gasteiger charge is 2.47. The third-order valence-electron chi connectivity index (χ3n) is 5.33. The maximum absolute atomic E-state index is 13.6. The lowest BCUT2D eigenvalue weighted by Crippen LogP contribution is -2.29. The van der Waals surface area contributed by atoms with Crippen LogP contribution in [-0.4, -0.2) is 30.5 Å². The lowest BCUT2D eigenvalue weighted by atomic mass is 9.95. The van der Waals surface area contributed by atoms with Crippen molar-refractivity contribution in [3.05, 3.63) is 95.3 Å². The lowest BCUT2D eigenvalue weighted by molar-refractivity contribution is -0.132. The molecule has 34 heavy (non-hydrogen) atoms. The van der Waals surface area contributed by atoms with Gasteiger partial charge in [-0.05, 0) is 66.2 Å². The van der Waals surface area contributed by atoms with E-state index >= 15 is 0 Å². The summed E-state index contributed by atoms with van der Waals surface area (Å²) in [5.74, 6) is -2.44. The number of benzene rings is 3. The maximum atomic E-state index is 13.6. The van der Waals surface area contributed by atoms with Gasteiger partial charge in [0, 0.05) is 11.3 Å². The lowest BCUT2D eigenvalue weighted by Gasteiger charge is -2.25. The quantitative estimate of drug-likeness (QED) is 0.310. The van der Waals surface area contributed by atoms with E-state index in [0.29, 0.717) is 11.3 Å². The number of hydrogen-bond donors (Lipinski definition) is 1. The van der Waals surface area contributed by atoms with Crippen LogP contribution in [0, 0.1) is 5.82 Å². The molecule has 0 aromatic heterocycles. The minimum absolute atomic E-state index is 0.132. The number of rotatable bonds is 6. The van der Waals surface area contributed by atoms with Crippen molar-refractivity contribution in [2.24, 2.45) is 0 Å². The first kappa shape index (κ1) is 22.9. The molecule has 9 heteroatoms. The standard InChI is InChI=1S/C25H18F3NO5/c1-33-18-10-4-15(5-11-18)22(30)20-21(14-2-6-16(26)7-3-14)29(24(32)23(20)31)17-8-12-19(13-9-17)34-25(27)28/h2-13,21,25,30H,1H3/b22-20-. The number of ether oxygens (including phenoxy) is 2. The number of nitrogens with zero attached hydrogens (tertiary/aromatic N) is 1. The summed E-state index contributed by atoms with van der Waals surface area (Å²) in [6, 6.07) is 15.4. The van der Waals surface area contributed by atoms with Crippen molar-refractivity contribution in [3.63, 3.8) is 0 Å². The van der Waals surface area contributed by atoms with E-state index in [-0.39, 0.29) is 22.6 Å². The molecule has 3 aromatic rings. The molecule has 0 aliphatic carbocycles. The second-order valence-corrected chi connectivity index (χ2v) is 7.32. The average Bonchev–Trinajstić information content (AvgIpc) is 3.10. The van der Waals surface area contributed by atoms with Gasteiger partial charge in [-0.3, -0.25) is 14.5 Å². The number of anilines is 1. The van der Waals surface area contributed by atoms with E-state index in [2.05, 4.69) is 4.74 Å². The maximum Gasteiger partial charge on any atom is 0.387 e. The molecule has 4 rings (SSSR count). The van der Waals surface area contributed by atoms with Crippen molar-refractivity contribution in [1.29, 1.82) is 0 Å². The smallest absolute Gasteiger partial charge is 0.387 e. The molecule has 6 nitrogen and oxygen atoms in total. The number of alkyl halides is 2. The summed E-state index contributed by atoms with van der Waals surface area (Å²) in [7, 11) is 1.48. The molecular formula is C25H18F3NO5. The first-order chi connectivity index (χ1) is 16.3. The van der Waals surface area contributed by atoms with Crippen LogP contribution in [0.2, 0.25) is 0 Å². The van der Waals surface area contributed by atoms with Gasteiger partial charge in [0.05, 0.1) is 18.7 Å². The molecule has 1 aliphatic rings. The van der Waals surface area contributed by atoms with Gasteiger partial charge < -0.3 is 14.6 Å². The molecule has 1 atom stereocenters. The zero-order valence-corrected chi connectivity index (χ0v) is 17.7. The van der Waals surface area contributed by atoms with E-state index in [1.165, 1.54) is 67.8 Å². The predicted molar refractivity (Wildman–Crippen MR) is 117 cm³/mol. The Labute approximate surface area is 192 Å². The number of aliphatic hydroxyl groups is 1. The van der Waals surface area contributed by atoms with Gasteiger partial charge in [-0.2, -0.15) is 8.78 Å². The Morgan fingerprint density at radius 3 is 2.06 bits per heavy atom. The summed E-state index contributed by atoms with van der Waals surface area (Å²) in [6.07, 6.45) is 0. The van der Waals surface area contributed by atoms with Gasteiger partial charge in [-0.25, -0.2) is 4.39 Å². The van der Waals surface area contributed by atoms with Crippen molar-refractivity contribution in [2.75, 3.05) is 12.0 Å². The zero-order chi connectivity index (χ0) is 24.4. The van der Waals surface area contributed by atoms with E-state index < -0.39 is 35.9 Å². The van der Waals surface area contributed by atoms with Crippen molar-refractivity contribution >= 4 is 23.1 Å². The van der Waals surface area contributed by atoms with Gasteiger partial charge in [-0.1, -0.05) is 12.1 Å². The van der Waals surface area contributed by atoms with Crippen LogP contribution in [-0.2, 0) is 9.59 Å². The monoisotopic (exact) mass is 469 g/mol. The minimum atomic E-state index is -3.02. The van der Waals surface area contributed by atoms with E-state index in [4.69, 9.17) is 4.74 Å². The summed E-state index contributed by atoms with van der Waals surface area (Å²) < 4.78 is 48.0. The number of methoxy groups -OCH3 is 1. The summed E-state index contributed by atoms with van der Waals surface area (Å²) in [5, 5.41) is 11.0. The number of carbonyl (C=O) groups excluding carboxylic acids is 2. The third kappa shape index (κ3) is 4.32. The van der Waals surface area contributed by atoms with E-state index in [9.17, 15) is 27.9 Å². The molecule has 0 bridgehead atoms. The van der Waals surface area contributed by atoms with Gasteiger partial charge in [0.15, 0.2) is 0 Å². The first-order valence-electron chi connectivity index (χ1n) is 10.1. The van der Waals surface area contributed by atoms with Gasteiger partial charge >= 0.3 is 6.61 Å². The van der Waals surface area contributed by atoms with Crippen LogP contribution in [0.25, 0.3) is 5.76 Å². The van der Waals surface area contributed by atoms with Gasteiger partial charge in [-0.15, -0.1) is 0 Å². The summed E-state index contributed by atoms with van der Waals surface area (Å²) in [4.78, 5) is 27.2. The largest absolute Gasteiger partial charge is 0.507 e. The first-order valence-corrected chi connectivity index (χ1v) is 10.1. The van der Waals surface area contributed by atoms with Crippen molar-refractivity contribution in [3.8, 4) is 11.5 Å². The molecule has 1 fully saturated rings. The fourth-order valence-corrected chi connectivity index (χ4v) is 3.75. The molecule has 1 N–H and O–H groups in total. The van der Waals surface area contributed by atoms with E-state index in [0.717, 1.165) is 4.90 Å². The van der Waals surface area contributed by atoms with E-state index in [1.807, 2.05) is 0 Å². The fourth-order valence-electron chi connectivity index (χ4n) is 3.75. The van der Waals surface area contributed by atoms with Crippen molar-refractivity contribution in [2.45, 2.75) is 12.7 Å². The number of hydrogen-bond acceptors (Lipinski definition) is 5. The number of aliphatic hydroxyl groups excluding tert-OH is 1. The van der Waals surface area contributed by atoms with Crippen LogP contribution < -0.4 is 14.4 Å². The molecular weight excluding hydrogens is 451 g/mol. The van der Waals surface area contributed by atoms with Crippen LogP contribution in [0.15, 0.2) is 78.4 Å². The average molecular weight is 469 g/mol. The summed E-state index contributed by atoms with van der Waals surface area (Å²) in [5.41, 5.74) is 0.636. The molecule has 3 aromatic carbocycles. The van der Waals surface area contributed by atoms with Gasteiger partial charge in [0.2, 0.25) is 0 Å². The molecule has 0 spiro atoms. The van der Waals surface area contributed by atoms with Gasteiger partial charge in [0.25, 0.3) is 11.7 Å². The molecule has 1 heterocycles. The number of Topliss-reactive ketones (excluding diaryl/α,β-unsaturated/α-hetero) is 1. The Kier molecular flexibility index (Phi) is 6.27. The van der Waals surface area contributed by atoms with E-state index in [1.54, 1.807) is 12.1 Å². The minimum Gasteiger partial charge on any atom is -0.507 e. The SMILES string of the molecule is COc1ccc(/C(O)=C2/C(=O)C(=O)N(c3ccc(OC(F)F)cc3)C2c2ccc(F)cc2)cc1. The fraction of sp³-hybridized carbons (Fsp3) is 0.120. The number of ketones is 1. The number of carbonyl (C=O) groups is 2. The second-order valence-electron chi connectivity index (χ2n) is 7.32. The van der Waals surface area contributed by atoms with Crippen LogP contribution in [0.1, 0.15) is 17.2 Å². The van der Waals surface area contributed by atoms with Crippen molar-refractivity contribution < 1.29 is 37.3 Å². The summed E-state index contributed by atoms with van der Waals surface area (Å²) >= 11 is 0. The predicted octanol–water partition coefficient (Wildman–Crippen LogP) is 5.06. The zero-order valence-electron chi connectivity index (χ0n) is 17.7. The highest BCUT2D eigenvalue weighted by molar-refractivity contribution is 6.51. The highest BCUT2D eigenvalue weighted by Crippen LogP contribution is 2.42. The van der Waals surface area contributed by atoms with Crippen LogP contribution in [0.4, 0.5) is 18.9 Å². The second kappa shape index (κ2) is 9.30. The van der Waals surface area contributed by atoms with Crippen LogP contribution in [0.3, 0.4) is 0 Å². The highest BCUT2D eigenvalue weighted by atomic mass is 19.3. The molecule has 0 saturated carbocycles. The van der Waals surface area contributed by atoms with Crippen LogP contribution in [0.5, 0.6) is 11.5 Å². The van der Waals surface area contributed by atoms with Gasteiger partial charge in [0.1, 0.15) is 23.1 Å². The third-order valence-corrected chi connectivity index (χ3v) is 5.33. The molecule has 1 saturated heterocycles. The Bertz CT molecular complexity index is 1240. The van der Waals surface area contributed by atoms with Crippen LogP contribution >= 0.6 is 0 Å². The Morgan fingerprint density at radius 1 is 0.912 bits per heavy atom. The summed E-state index contributed by atoms with van der Waals surface area (Å²) in [6.45, 7) is -3.02. The molecule has 1 aliphatic heterocycles. The molecule has 1 amide bonds. The molecule has 1 unspecified atom stereocenters. The number of halogens is 3. The Balaban J connectivity index is 1.85. The topological polar surface area (TPSA) is 76.1 Å². The Morgan fingerprint density at radius 2 is 1.50 bits per heavy atom. The molecule has 174 valence electrons.